The van der Waals surface area contributed by atoms with Crippen molar-refractivity contribution in [1.29, 1.82) is 0 Å². The lowest BCUT2D eigenvalue weighted by atomic mass is 10.1. The van der Waals surface area contributed by atoms with Crippen LogP contribution in [-0.2, 0) is 11.3 Å². The highest BCUT2D eigenvalue weighted by Gasteiger charge is 2.10. The molecule has 0 spiro atoms. The molecule has 116 valence electrons. The van der Waals surface area contributed by atoms with Gasteiger partial charge in [-0.1, -0.05) is 35.9 Å². The van der Waals surface area contributed by atoms with Crippen LogP contribution in [0.1, 0.15) is 16.7 Å². The zero-order valence-electron chi connectivity index (χ0n) is 13.2. The van der Waals surface area contributed by atoms with Crippen LogP contribution >= 0.6 is 11.6 Å². The molecule has 0 aliphatic carbocycles. The van der Waals surface area contributed by atoms with Gasteiger partial charge in [0, 0.05) is 17.3 Å². The molecule has 0 atom stereocenters. The summed E-state index contributed by atoms with van der Waals surface area (Å²) in [7, 11) is 1.95. The highest BCUT2D eigenvalue weighted by atomic mass is 35.5. The van der Waals surface area contributed by atoms with Crippen molar-refractivity contribution in [1.82, 2.24) is 4.90 Å². The first-order chi connectivity index (χ1) is 10.5. The molecule has 0 saturated carbocycles. The summed E-state index contributed by atoms with van der Waals surface area (Å²) in [6, 6.07) is 13.7. The summed E-state index contributed by atoms with van der Waals surface area (Å²) in [6.45, 7) is 5.11. The van der Waals surface area contributed by atoms with Crippen LogP contribution < -0.4 is 5.32 Å². The van der Waals surface area contributed by atoms with Crippen LogP contribution in [0.15, 0.2) is 42.5 Å². The van der Waals surface area contributed by atoms with Gasteiger partial charge in [-0.25, -0.2) is 0 Å². The van der Waals surface area contributed by atoms with E-state index in [1.54, 1.807) is 6.07 Å². The minimum Gasteiger partial charge on any atom is -0.325 e. The topological polar surface area (TPSA) is 32.3 Å². The molecule has 3 nitrogen and oxygen atoms in total. The molecule has 4 heteroatoms. The Labute approximate surface area is 136 Å². The van der Waals surface area contributed by atoms with Crippen LogP contribution in [0.4, 0.5) is 5.69 Å². The van der Waals surface area contributed by atoms with Crippen molar-refractivity contribution in [3.05, 3.63) is 64.2 Å². The number of rotatable bonds is 5. The summed E-state index contributed by atoms with van der Waals surface area (Å²) in [5, 5.41) is 3.60. The number of aryl methyl sites for hydroxylation is 2. The predicted molar refractivity (Wildman–Crippen MR) is 92.3 cm³/mol. The van der Waals surface area contributed by atoms with Gasteiger partial charge in [-0.3, -0.25) is 9.69 Å². The van der Waals surface area contributed by atoms with Crippen molar-refractivity contribution in [3.63, 3.8) is 0 Å². The largest absolute Gasteiger partial charge is 0.325 e. The Morgan fingerprint density at radius 2 is 1.86 bits per heavy atom. The molecule has 1 amide bonds. The molecule has 2 rings (SSSR count). The number of carbonyl (C=O) groups is 1. The van der Waals surface area contributed by atoms with Crippen molar-refractivity contribution in [2.75, 3.05) is 18.9 Å². The van der Waals surface area contributed by atoms with Gasteiger partial charge in [-0.15, -0.1) is 0 Å². The van der Waals surface area contributed by atoms with Crippen LogP contribution in [0, 0.1) is 13.8 Å². The summed E-state index contributed by atoms with van der Waals surface area (Å²) in [5.74, 6) is -0.0264. The molecule has 22 heavy (non-hydrogen) atoms. The van der Waals surface area contributed by atoms with Crippen molar-refractivity contribution >= 4 is 23.2 Å². The molecule has 0 saturated heterocycles. The van der Waals surface area contributed by atoms with Crippen LogP contribution in [0.2, 0.25) is 5.02 Å². The lowest BCUT2D eigenvalue weighted by molar-refractivity contribution is -0.117. The Morgan fingerprint density at radius 3 is 2.55 bits per heavy atom. The Morgan fingerprint density at radius 1 is 1.14 bits per heavy atom. The molecule has 1 N–H and O–H groups in total. The number of likely N-dealkylation sites (N-methyl/N-ethyl adjacent to an activating group) is 1. The zero-order valence-corrected chi connectivity index (χ0v) is 13.9. The van der Waals surface area contributed by atoms with Crippen molar-refractivity contribution < 1.29 is 4.79 Å². The number of anilines is 1. The first-order valence-electron chi connectivity index (χ1n) is 7.25. The molecule has 0 heterocycles. The fourth-order valence-corrected chi connectivity index (χ4v) is 2.56. The Kier molecular flexibility index (Phi) is 5.58. The fraction of sp³-hybridized carbons (Fsp3) is 0.278. The number of nitrogens with zero attached hydrogens (tertiary/aromatic N) is 1. The molecule has 2 aromatic carbocycles. The number of nitrogens with one attached hydrogen (secondary N) is 1. The lowest BCUT2D eigenvalue weighted by Crippen LogP contribution is -2.30. The van der Waals surface area contributed by atoms with Gasteiger partial charge in [0.05, 0.1) is 6.54 Å². The second-order valence-electron chi connectivity index (χ2n) is 5.61. The molecule has 0 radical (unpaired) electrons. The van der Waals surface area contributed by atoms with Crippen LogP contribution in [0.3, 0.4) is 0 Å². The number of carbonyl (C=O) groups excluding carboxylic acids is 1. The highest BCUT2D eigenvalue weighted by molar-refractivity contribution is 6.30. The van der Waals surface area contributed by atoms with Gasteiger partial charge >= 0.3 is 0 Å². The minimum absolute atomic E-state index is 0.0264. The first-order valence-corrected chi connectivity index (χ1v) is 7.62. The molecule has 0 aliphatic heterocycles. The lowest BCUT2D eigenvalue weighted by Gasteiger charge is -2.18. The normalized spacial score (nSPS) is 10.8. The molecule has 0 fully saturated rings. The third kappa shape index (κ3) is 4.58. The predicted octanol–water partition coefficient (Wildman–Crippen LogP) is 4.03. The summed E-state index contributed by atoms with van der Waals surface area (Å²) in [5.41, 5.74) is 4.24. The van der Waals surface area contributed by atoms with E-state index in [0.29, 0.717) is 11.6 Å². The quantitative estimate of drug-likeness (QED) is 0.903. The summed E-state index contributed by atoms with van der Waals surface area (Å²) in [4.78, 5) is 14.2. The van der Waals surface area contributed by atoms with E-state index in [-0.39, 0.29) is 5.91 Å². The molecule has 0 bridgehead atoms. The minimum atomic E-state index is -0.0264. The molecule has 2 aromatic rings. The number of benzene rings is 2. The smallest absolute Gasteiger partial charge is 0.238 e. The number of hydrogen-bond acceptors (Lipinski definition) is 2. The third-order valence-corrected chi connectivity index (χ3v) is 3.81. The van der Waals surface area contributed by atoms with Crippen molar-refractivity contribution in [2.45, 2.75) is 20.4 Å². The number of halogens is 1. The maximum absolute atomic E-state index is 12.1. The van der Waals surface area contributed by atoms with E-state index in [4.69, 9.17) is 11.6 Å². The molecule has 0 aromatic heterocycles. The Hall–Kier alpha value is -1.84. The second-order valence-corrected chi connectivity index (χ2v) is 6.04. The maximum Gasteiger partial charge on any atom is 0.238 e. The van der Waals surface area contributed by atoms with E-state index in [1.807, 2.05) is 43.1 Å². The fourth-order valence-electron chi connectivity index (χ4n) is 2.34. The number of amides is 1. The van der Waals surface area contributed by atoms with Crippen LogP contribution in [0.25, 0.3) is 0 Å². The summed E-state index contributed by atoms with van der Waals surface area (Å²) < 4.78 is 0. The van der Waals surface area contributed by atoms with E-state index < -0.39 is 0 Å². The molecular formula is C18H21ClN2O. The average molecular weight is 317 g/mol. The van der Waals surface area contributed by atoms with Gasteiger partial charge in [0.25, 0.3) is 0 Å². The SMILES string of the molecule is Cc1ccccc1CN(C)CC(=O)Nc1ccc(Cl)cc1C. The Bertz CT molecular complexity index is 670. The molecule has 0 unspecified atom stereocenters. The van der Waals surface area contributed by atoms with E-state index in [1.165, 1.54) is 11.1 Å². The maximum atomic E-state index is 12.1. The van der Waals surface area contributed by atoms with E-state index in [9.17, 15) is 4.79 Å². The van der Waals surface area contributed by atoms with Gasteiger partial charge in [0.2, 0.25) is 5.91 Å². The van der Waals surface area contributed by atoms with Gasteiger partial charge in [0.1, 0.15) is 0 Å². The Balaban J connectivity index is 1.93. The van der Waals surface area contributed by atoms with Gasteiger partial charge in [-0.2, -0.15) is 0 Å². The van der Waals surface area contributed by atoms with E-state index in [2.05, 4.69) is 24.4 Å². The van der Waals surface area contributed by atoms with E-state index >= 15 is 0 Å². The van der Waals surface area contributed by atoms with Crippen molar-refractivity contribution in [3.8, 4) is 0 Å². The van der Waals surface area contributed by atoms with E-state index in [0.717, 1.165) is 17.8 Å². The van der Waals surface area contributed by atoms with Gasteiger partial charge in [-0.05, 0) is 55.8 Å². The number of hydrogen-bond donors (Lipinski definition) is 1. The summed E-state index contributed by atoms with van der Waals surface area (Å²) >= 11 is 5.92. The zero-order chi connectivity index (χ0) is 16.1. The monoisotopic (exact) mass is 316 g/mol. The van der Waals surface area contributed by atoms with Crippen LogP contribution in [-0.4, -0.2) is 24.4 Å². The second kappa shape index (κ2) is 7.43. The molecule has 0 aliphatic rings. The molecular weight excluding hydrogens is 296 g/mol. The average Bonchev–Trinajstić information content (AvgIpc) is 2.44. The van der Waals surface area contributed by atoms with Crippen molar-refractivity contribution in [2.24, 2.45) is 0 Å². The summed E-state index contributed by atoms with van der Waals surface area (Å²) in [6.07, 6.45) is 0. The third-order valence-electron chi connectivity index (χ3n) is 3.58. The van der Waals surface area contributed by atoms with Gasteiger partial charge in [0.15, 0.2) is 0 Å². The highest BCUT2D eigenvalue weighted by Crippen LogP contribution is 2.19. The standard InChI is InChI=1S/C18H21ClN2O/c1-13-6-4-5-7-15(13)11-21(3)12-18(22)20-17-9-8-16(19)10-14(17)2/h4-10H,11-12H2,1-3H3,(H,20,22). The first kappa shape index (κ1) is 16.5. The van der Waals surface area contributed by atoms with Crippen LogP contribution in [0.5, 0.6) is 0 Å². The van der Waals surface area contributed by atoms with Gasteiger partial charge < -0.3 is 5.32 Å².